The standard InChI is InChI=1S/C28H26F5N6O2P/c1-4-42(3,40)16-10-11-18(22(12-16)41-28(31,32)33)27-34-24(25(38(27)2)15-8-9-15)17-6-5-7-20-19(17)14-39(37-20)23-13-21(26(29)30)35-36-23/h5-7,10-15,26H,4,8-9H2,1-3H3,(H,35,36). The van der Waals surface area contributed by atoms with Crippen molar-refractivity contribution in [2.75, 3.05) is 12.8 Å². The number of nitrogens with zero attached hydrogens (tertiary/aromatic N) is 5. The van der Waals surface area contributed by atoms with Crippen molar-refractivity contribution < 1.29 is 31.3 Å². The maximum atomic E-state index is 13.5. The molecular weight excluding hydrogens is 578 g/mol. The minimum Gasteiger partial charge on any atom is -0.405 e. The van der Waals surface area contributed by atoms with Gasteiger partial charge in [-0.25, -0.2) is 18.4 Å². The molecule has 1 atom stereocenters. The fourth-order valence-corrected chi connectivity index (χ4v) is 6.22. The van der Waals surface area contributed by atoms with Crippen molar-refractivity contribution in [1.29, 1.82) is 0 Å². The van der Waals surface area contributed by atoms with Crippen LogP contribution in [0.5, 0.6) is 5.75 Å². The normalized spacial score (nSPS) is 15.5. The summed E-state index contributed by atoms with van der Waals surface area (Å²) in [5.74, 6) is 0.125. The molecule has 1 aliphatic rings. The van der Waals surface area contributed by atoms with Crippen LogP contribution in [0.3, 0.4) is 0 Å². The van der Waals surface area contributed by atoms with Crippen LogP contribution in [0.1, 0.15) is 43.5 Å². The van der Waals surface area contributed by atoms with E-state index in [4.69, 9.17) is 4.98 Å². The molecule has 6 rings (SSSR count). The van der Waals surface area contributed by atoms with Crippen molar-refractivity contribution >= 4 is 23.3 Å². The van der Waals surface area contributed by atoms with Gasteiger partial charge in [0.15, 0.2) is 5.82 Å². The number of aromatic amines is 1. The monoisotopic (exact) mass is 604 g/mol. The van der Waals surface area contributed by atoms with E-state index in [1.165, 1.54) is 29.5 Å². The Morgan fingerprint density at radius 1 is 1.14 bits per heavy atom. The first-order valence-corrected chi connectivity index (χ1v) is 15.6. The molecule has 8 nitrogen and oxygen atoms in total. The number of hydrogen-bond donors (Lipinski definition) is 1. The number of ether oxygens (including phenoxy) is 1. The summed E-state index contributed by atoms with van der Waals surface area (Å²) in [6.07, 6.45) is -3.95. The molecule has 0 bridgehead atoms. The maximum Gasteiger partial charge on any atom is 0.573 e. The number of benzene rings is 2. The first-order valence-electron chi connectivity index (χ1n) is 13.2. The Bertz CT molecular complexity index is 1850. The number of fused-ring (bicyclic) bond motifs is 1. The van der Waals surface area contributed by atoms with Crippen molar-refractivity contribution in [3.8, 4) is 34.2 Å². The molecule has 1 unspecified atom stereocenters. The second-order valence-electron chi connectivity index (χ2n) is 10.4. The number of imidazole rings is 1. The van der Waals surface area contributed by atoms with E-state index in [0.717, 1.165) is 18.5 Å². The minimum absolute atomic E-state index is 0.113. The Labute approximate surface area is 236 Å². The van der Waals surface area contributed by atoms with Crippen molar-refractivity contribution in [1.82, 2.24) is 29.5 Å². The van der Waals surface area contributed by atoms with Crippen LogP contribution in [0.25, 0.3) is 39.4 Å². The second-order valence-corrected chi connectivity index (χ2v) is 13.8. The third kappa shape index (κ3) is 5.10. The summed E-state index contributed by atoms with van der Waals surface area (Å²) >= 11 is 0. The number of halogens is 5. The van der Waals surface area contributed by atoms with Gasteiger partial charge in [0.1, 0.15) is 24.4 Å². The number of rotatable bonds is 8. The molecule has 1 fully saturated rings. The predicted molar refractivity (Wildman–Crippen MR) is 148 cm³/mol. The fourth-order valence-electron chi connectivity index (χ4n) is 5.08. The highest BCUT2D eigenvalue weighted by Crippen LogP contribution is 2.48. The highest BCUT2D eigenvalue weighted by atomic mass is 31.2. The Hall–Kier alpha value is -3.99. The molecule has 0 spiro atoms. The largest absolute Gasteiger partial charge is 0.573 e. The van der Waals surface area contributed by atoms with E-state index < -0.39 is 25.7 Å². The van der Waals surface area contributed by atoms with E-state index in [1.54, 1.807) is 42.9 Å². The van der Waals surface area contributed by atoms with Gasteiger partial charge in [0.2, 0.25) is 0 Å². The van der Waals surface area contributed by atoms with Gasteiger partial charge < -0.3 is 13.9 Å². The van der Waals surface area contributed by atoms with Crippen LogP contribution in [0.4, 0.5) is 22.0 Å². The van der Waals surface area contributed by atoms with Gasteiger partial charge in [0.05, 0.1) is 16.8 Å². The van der Waals surface area contributed by atoms with Gasteiger partial charge in [0, 0.05) is 53.3 Å². The third-order valence-corrected chi connectivity index (χ3v) is 10.1. The van der Waals surface area contributed by atoms with Crippen molar-refractivity contribution in [2.24, 2.45) is 7.05 Å². The Kier molecular flexibility index (Phi) is 6.75. The van der Waals surface area contributed by atoms with E-state index in [-0.39, 0.29) is 40.3 Å². The maximum absolute atomic E-state index is 13.5. The van der Waals surface area contributed by atoms with Crippen molar-refractivity contribution in [2.45, 2.75) is 38.5 Å². The van der Waals surface area contributed by atoms with E-state index >= 15 is 0 Å². The highest BCUT2D eigenvalue weighted by Gasteiger charge is 2.36. The fraction of sp³-hybridized carbons (Fsp3) is 0.321. The van der Waals surface area contributed by atoms with Gasteiger partial charge in [-0.2, -0.15) is 10.2 Å². The average molecular weight is 605 g/mol. The SMILES string of the molecule is CCP(C)(=O)c1ccc(-c2nc(-c3cccc4nn(-c5cc(C(F)F)[nH]n5)cc34)c(C3CC3)n2C)c(OC(F)(F)F)c1. The van der Waals surface area contributed by atoms with E-state index in [9.17, 15) is 26.5 Å². The molecule has 0 radical (unpaired) electrons. The third-order valence-electron chi connectivity index (χ3n) is 7.54. The topological polar surface area (TPSA) is 90.6 Å². The van der Waals surface area contributed by atoms with Gasteiger partial charge in [0.25, 0.3) is 6.43 Å². The molecule has 3 heterocycles. The lowest BCUT2D eigenvalue weighted by atomic mass is 10.0. The molecule has 2 aromatic carbocycles. The van der Waals surface area contributed by atoms with Crippen LogP contribution in [0.15, 0.2) is 48.7 Å². The number of H-pyrrole nitrogens is 1. The summed E-state index contributed by atoms with van der Waals surface area (Å²) in [6.45, 7) is 3.25. The Balaban J connectivity index is 1.51. The molecule has 0 aliphatic heterocycles. The lowest BCUT2D eigenvalue weighted by molar-refractivity contribution is -0.274. The van der Waals surface area contributed by atoms with Gasteiger partial charge in [-0.05, 0) is 37.7 Å². The van der Waals surface area contributed by atoms with Crippen LogP contribution in [0.2, 0.25) is 0 Å². The van der Waals surface area contributed by atoms with Crippen molar-refractivity contribution in [3.05, 3.63) is 60.0 Å². The van der Waals surface area contributed by atoms with E-state index in [0.29, 0.717) is 22.2 Å². The first kappa shape index (κ1) is 28.1. The molecule has 14 heteroatoms. The van der Waals surface area contributed by atoms with Gasteiger partial charge in [-0.15, -0.1) is 13.2 Å². The Morgan fingerprint density at radius 2 is 1.90 bits per heavy atom. The lowest BCUT2D eigenvalue weighted by Crippen LogP contribution is -2.19. The van der Waals surface area contributed by atoms with Gasteiger partial charge >= 0.3 is 6.36 Å². The number of hydrogen-bond acceptors (Lipinski definition) is 5. The van der Waals surface area contributed by atoms with Crippen LogP contribution in [-0.2, 0) is 11.6 Å². The highest BCUT2D eigenvalue weighted by molar-refractivity contribution is 7.70. The number of nitrogens with one attached hydrogen (secondary N) is 1. The summed E-state index contributed by atoms with van der Waals surface area (Å²) < 4.78 is 87.4. The van der Waals surface area contributed by atoms with Gasteiger partial charge in [-0.1, -0.05) is 25.1 Å². The molecule has 220 valence electrons. The average Bonchev–Trinajstić information content (AvgIpc) is 3.32. The molecule has 1 N–H and O–H groups in total. The zero-order valence-electron chi connectivity index (χ0n) is 22.8. The van der Waals surface area contributed by atoms with Crippen LogP contribution in [-0.4, -0.2) is 48.7 Å². The van der Waals surface area contributed by atoms with Gasteiger partial charge in [-0.3, -0.25) is 5.10 Å². The first-order chi connectivity index (χ1) is 19.9. The molecule has 42 heavy (non-hydrogen) atoms. The molecule has 3 aromatic heterocycles. The van der Waals surface area contributed by atoms with Crippen LogP contribution < -0.4 is 10.0 Å². The van der Waals surface area contributed by atoms with E-state index in [1.807, 2.05) is 6.07 Å². The van der Waals surface area contributed by atoms with Crippen molar-refractivity contribution in [3.63, 3.8) is 0 Å². The predicted octanol–water partition coefficient (Wildman–Crippen LogP) is 7.17. The van der Waals surface area contributed by atoms with E-state index in [2.05, 4.69) is 20.0 Å². The smallest absolute Gasteiger partial charge is 0.405 e. The minimum atomic E-state index is -4.97. The quantitative estimate of drug-likeness (QED) is 0.150. The lowest BCUT2D eigenvalue weighted by Gasteiger charge is -2.17. The van der Waals surface area contributed by atoms with Crippen LogP contribution in [0, 0.1) is 0 Å². The number of alkyl halides is 5. The van der Waals surface area contributed by atoms with Crippen LogP contribution >= 0.6 is 7.14 Å². The molecular formula is C28H26F5N6O2P. The molecule has 0 saturated heterocycles. The summed E-state index contributed by atoms with van der Waals surface area (Å²) in [5.41, 5.74) is 2.45. The summed E-state index contributed by atoms with van der Waals surface area (Å²) in [4.78, 5) is 4.86. The second kappa shape index (κ2) is 10.1. The zero-order chi connectivity index (χ0) is 30.0. The summed E-state index contributed by atoms with van der Waals surface area (Å²) in [6, 6.07) is 10.8. The summed E-state index contributed by atoms with van der Waals surface area (Å²) in [5, 5.41) is 11.7. The molecule has 0 amide bonds. The molecule has 5 aromatic rings. The molecule has 1 saturated carbocycles. The Morgan fingerprint density at radius 3 is 2.55 bits per heavy atom. The molecule has 1 aliphatic carbocycles. The number of aromatic nitrogens is 6. The zero-order valence-corrected chi connectivity index (χ0v) is 23.7. The summed E-state index contributed by atoms with van der Waals surface area (Å²) in [7, 11) is -1.14.